The Balaban J connectivity index is 1.56. The fraction of sp³-hybridized carbons (Fsp3) is 0.174. The van der Waals surface area contributed by atoms with E-state index in [-0.39, 0.29) is 23.5 Å². The Morgan fingerprint density at radius 1 is 0.933 bits per heavy atom. The number of nitrogens with one attached hydrogen (secondary N) is 2. The molecule has 0 heterocycles. The Morgan fingerprint density at radius 2 is 1.57 bits per heavy atom. The molecule has 0 aromatic heterocycles. The van der Waals surface area contributed by atoms with Crippen molar-refractivity contribution in [3.63, 3.8) is 0 Å². The second-order valence-corrected chi connectivity index (χ2v) is 8.56. The summed E-state index contributed by atoms with van der Waals surface area (Å²) >= 11 is 0. The molecular weight excluding hydrogens is 400 g/mol. The van der Waals surface area contributed by atoms with Gasteiger partial charge in [-0.1, -0.05) is 48.5 Å². The molecule has 3 aromatic carbocycles. The number of carbonyl (C=O) groups excluding carboxylic acids is 1. The van der Waals surface area contributed by atoms with Crippen LogP contribution in [0.2, 0.25) is 0 Å². The van der Waals surface area contributed by atoms with Gasteiger partial charge in [-0.15, -0.1) is 0 Å². The van der Waals surface area contributed by atoms with Crippen molar-refractivity contribution in [2.75, 3.05) is 11.3 Å². The van der Waals surface area contributed by atoms with Crippen molar-refractivity contribution in [3.05, 3.63) is 90.0 Å². The number of sulfonamides is 1. The van der Waals surface area contributed by atoms with Crippen molar-refractivity contribution in [3.8, 4) is 5.75 Å². The van der Waals surface area contributed by atoms with Gasteiger partial charge in [-0.3, -0.25) is 9.52 Å². The molecule has 1 amide bonds. The second kappa shape index (κ2) is 9.45. The zero-order valence-electron chi connectivity index (χ0n) is 16.8. The Bertz CT molecular complexity index is 1100. The second-order valence-electron chi connectivity index (χ2n) is 6.88. The van der Waals surface area contributed by atoms with Crippen LogP contribution in [0.5, 0.6) is 5.75 Å². The van der Waals surface area contributed by atoms with Crippen molar-refractivity contribution >= 4 is 21.6 Å². The molecule has 0 radical (unpaired) electrons. The Labute approximate surface area is 177 Å². The zero-order chi connectivity index (χ0) is 21.6. The number of carbonyl (C=O) groups is 1. The van der Waals surface area contributed by atoms with Crippen LogP contribution in [0.15, 0.2) is 83.8 Å². The summed E-state index contributed by atoms with van der Waals surface area (Å²) in [6.45, 7) is 3.57. The van der Waals surface area contributed by atoms with Crippen LogP contribution in [-0.4, -0.2) is 20.9 Å². The van der Waals surface area contributed by atoms with E-state index in [0.717, 1.165) is 11.1 Å². The zero-order valence-corrected chi connectivity index (χ0v) is 17.6. The Hall–Kier alpha value is -3.32. The van der Waals surface area contributed by atoms with E-state index in [4.69, 9.17) is 4.74 Å². The molecule has 0 aliphatic carbocycles. The number of ether oxygens (including phenoxy) is 1. The number of amides is 1. The molecule has 156 valence electrons. The first-order chi connectivity index (χ1) is 14.3. The first-order valence-corrected chi connectivity index (χ1v) is 11.0. The standard InChI is InChI=1S/C23H24N2O4S/c1-17-8-6-7-11-22(17)25-30(27,28)21-14-12-20(13-15-21)29-16-23(26)24-18(2)19-9-4-3-5-10-19/h3-15,18,25H,16H2,1-2H3,(H,24,26). The van der Waals surface area contributed by atoms with Gasteiger partial charge in [0.05, 0.1) is 16.6 Å². The van der Waals surface area contributed by atoms with Crippen LogP contribution in [0.1, 0.15) is 24.1 Å². The SMILES string of the molecule is Cc1ccccc1NS(=O)(=O)c1ccc(OCC(=O)NC(C)c2ccccc2)cc1. The van der Waals surface area contributed by atoms with Crippen LogP contribution in [0.3, 0.4) is 0 Å². The van der Waals surface area contributed by atoms with Gasteiger partial charge < -0.3 is 10.1 Å². The molecule has 7 heteroatoms. The molecule has 0 fully saturated rings. The smallest absolute Gasteiger partial charge is 0.261 e. The molecule has 6 nitrogen and oxygen atoms in total. The first kappa shape index (κ1) is 21.4. The van der Waals surface area contributed by atoms with Crippen molar-refractivity contribution in [2.45, 2.75) is 24.8 Å². The monoisotopic (exact) mass is 424 g/mol. The van der Waals surface area contributed by atoms with Gasteiger partial charge in [0, 0.05) is 0 Å². The highest BCUT2D eigenvalue weighted by molar-refractivity contribution is 7.92. The van der Waals surface area contributed by atoms with E-state index in [1.807, 2.05) is 56.3 Å². The van der Waals surface area contributed by atoms with E-state index in [1.165, 1.54) is 24.3 Å². The summed E-state index contributed by atoms with van der Waals surface area (Å²) < 4.78 is 33.2. The third kappa shape index (κ3) is 5.61. The van der Waals surface area contributed by atoms with Gasteiger partial charge in [0.2, 0.25) is 0 Å². The minimum atomic E-state index is -3.72. The lowest BCUT2D eigenvalue weighted by molar-refractivity contribution is -0.123. The highest BCUT2D eigenvalue weighted by Gasteiger charge is 2.15. The summed E-state index contributed by atoms with van der Waals surface area (Å²) in [7, 11) is -3.72. The van der Waals surface area contributed by atoms with E-state index in [2.05, 4.69) is 10.0 Å². The van der Waals surface area contributed by atoms with E-state index >= 15 is 0 Å². The minimum Gasteiger partial charge on any atom is -0.484 e. The van der Waals surface area contributed by atoms with Crippen molar-refractivity contribution in [1.29, 1.82) is 0 Å². The molecule has 0 aliphatic heterocycles. The molecule has 1 atom stereocenters. The minimum absolute atomic E-state index is 0.111. The van der Waals surface area contributed by atoms with Crippen molar-refractivity contribution in [1.82, 2.24) is 5.32 Å². The fourth-order valence-corrected chi connectivity index (χ4v) is 3.99. The summed E-state index contributed by atoms with van der Waals surface area (Å²) in [6, 6.07) is 22.6. The van der Waals surface area contributed by atoms with Gasteiger partial charge >= 0.3 is 0 Å². The number of hydrogen-bond acceptors (Lipinski definition) is 4. The average Bonchev–Trinajstić information content (AvgIpc) is 2.75. The average molecular weight is 425 g/mol. The number of rotatable bonds is 8. The van der Waals surface area contributed by atoms with Gasteiger partial charge in [-0.25, -0.2) is 8.42 Å². The number of para-hydroxylation sites is 1. The first-order valence-electron chi connectivity index (χ1n) is 9.51. The molecule has 0 aliphatic rings. The number of benzene rings is 3. The number of hydrogen-bond donors (Lipinski definition) is 2. The summed E-state index contributed by atoms with van der Waals surface area (Å²) in [5.41, 5.74) is 2.36. The lowest BCUT2D eigenvalue weighted by Crippen LogP contribution is -2.31. The molecule has 30 heavy (non-hydrogen) atoms. The quantitative estimate of drug-likeness (QED) is 0.571. The van der Waals surface area contributed by atoms with Crippen molar-refractivity contribution < 1.29 is 17.9 Å². The number of aryl methyl sites for hydroxylation is 1. The van der Waals surface area contributed by atoms with E-state index in [1.54, 1.807) is 12.1 Å². The van der Waals surface area contributed by atoms with E-state index < -0.39 is 10.0 Å². The van der Waals surface area contributed by atoms with E-state index in [9.17, 15) is 13.2 Å². The fourth-order valence-electron chi connectivity index (χ4n) is 2.86. The number of anilines is 1. The van der Waals surface area contributed by atoms with Crippen LogP contribution in [0, 0.1) is 6.92 Å². The Morgan fingerprint density at radius 3 is 2.23 bits per heavy atom. The van der Waals surface area contributed by atoms with Crippen LogP contribution < -0.4 is 14.8 Å². The molecular formula is C23H24N2O4S. The van der Waals surface area contributed by atoms with Crippen LogP contribution in [-0.2, 0) is 14.8 Å². The lowest BCUT2D eigenvalue weighted by Gasteiger charge is -2.15. The van der Waals surface area contributed by atoms with Gasteiger partial charge in [0.25, 0.3) is 15.9 Å². The molecule has 0 saturated heterocycles. The maximum absolute atomic E-state index is 12.6. The lowest BCUT2D eigenvalue weighted by atomic mass is 10.1. The van der Waals surface area contributed by atoms with Crippen LogP contribution in [0.25, 0.3) is 0 Å². The highest BCUT2D eigenvalue weighted by atomic mass is 32.2. The summed E-state index contributed by atoms with van der Waals surface area (Å²) in [4.78, 5) is 12.2. The molecule has 0 bridgehead atoms. The van der Waals surface area contributed by atoms with Crippen molar-refractivity contribution in [2.24, 2.45) is 0 Å². The summed E-state index contributed by atoms with van der Waals surface area (Å²) in [5.74, 6) is 0.150. The normalized spacial score (nSPS) is 12.1. The molecule has 1 unspecified atom stereocenters. The van der Waals surface area contributed by atoms with Crippen LogP contribution in [0.4, 0.5) is 5.69 Å². The van der Waals surface area contributed by atoms with Gasteiger partial charge in [-0.05, 0) is 55.3 Å². The highest BCUT2D eigenvalue weighted by Crippen LogP contribution is 2.21. The van der Waals surface area contributed by atoms with E-state index in [0.29, 0.717) is 11.4 Å². The van der Waals surface area contributed by atoms with Crippen LogP contribution >= 0.6 is 0 Å². The predicted molar refractivity (Wildman–Crippen MR) is 117 cm³/mol. The largest absolute Gasteiger partial charge is 0.484 e. The summed E-state index contributed by atoms with van der Waals surface area (Å²) in [6.07, 6.45) is 0. The molecule has 0 spiro atoms. The Kier molecular flexibility index (Phi) is 6.74. The van der Waals surface area contributed by atoms with Gasteiger partial charge in [0.1, 0.15) is 5.75 Å². The predicted octanol–water partition coefficient (Wildman–Crippen LogP) is 4.05. The van der Waals surface area contributed by atoms with Gasteiger partial charge in [0.15, 0.2) is 6.61 Å². The van der Waals surface area contributed by atoms with Gasteiger partial charge in [-0.2, -0.15) is 0 Å². The third-order valence-electron chi connectivity index (χ3n) is 4.57. The molecule has 3 rings (SSSR count). The molecule has 0 saturated carbocycles. The third-order valence-corrected chi connectivity index (χ3v) is 5.95. The maximum Gasteiger partial charge on any atom is 0.261 e. The topological polar surface area (TPSA) is 84.5 Å². The maximum atomic E-state index is 12.6. The molecule has 2 N–H and O–H groups in total. The molecule has 3 aromatic rings. The summed E-state index contributed by atoms with van der Waals surface area (Å²) in [5, 5.41) is 2.86.